The molecule has 0 unspecified atom stereocenters. The first-order valence-electron chi connectivity index (χ1n) is 8.33. The summed E-state index contributed by atoms with van der Waals surface area (Å²) in [5, 5.41) is 5.02. The van der Waals surface area contributed by atoms with Crippen LogP contribution in [0.1, 0.15) is 28.0 Å². The molecular weight excluding hydrogens is 351 g/mol. The van der Waals surface area contributed by atoms with E-state index >= 15 is 0 Å². The lowest BCUT2D eigenvalue weighted by Crippen LogP contribution is -2.37. The van der Waals surface area contributed by atoms with Gasteiger partial charge < -0.3 is 9.73 Å². The number of carbonyl (C=O) groups is 1. The molecule has 3 aromatic rings. The minimum atomic E-state index is -0.293. The van der Waals surface area contributed by atoms with Crippen LogP contribution in [0.25, 0.3) is 0 Å². The summed E-state index contributed by atoms with van der Waals surface area (Å²) in [6, 6.07) is 13.7. The van der Waals surface area contributed by atoms with E-state index < -0.39 is 0 Å². The first-order chi connectivity index (χ1) is 12.5. The number of nitrogens with one attached hydrogen (secondary N) is 1. The second-order valence-electron chi connectivity index (χ2n) is 6.25. The summed E-state index contributed by atoms with van der Waals surface area (Å²) < 4.78 is 18.8. The second kappa shape index (κ2) is 8.29. The molecule has 2 aromatic heterocycles. The molecule has 0 aliphatic rings. The number of furan rings is 1. The molecule has 2 heterocycles. The molecule has 0 fully saturated rings. The molecule has 4 nitrogen and oxygen atoms in total. The lowest BCUT2D eigenvalue weighted by Gasteiger charge is -2.21. The van der Waals surface area contributed by atoms with Crippen LogP contribution in [0.2, 0.25) is 0 Å². The van der Waals surface area contributed by atoms with Crippen LogP contribution in [-0.4, -0.2) is 24.4 Å². The Morgan fingerprint density at radius 3 is 2.62 bits per heavy atom. The van der Waals surface area contributed by atoms with Gasteiger partial charge in [-0.05, 0) is 55.2 Å². The van der Waals surface area contributed by atoms with E-state index in [0.29, 0.717) is 6.54 Å². The Balaban J connectivity index is 1.66. The molecule has 1 atom stereocenters. The van der Waals surface area contributed by atoms with Gasteiger partial charge in [-0.2, -0.15) is 0 Å². The fraction of sp³-hybridized carbons (Fsp3) is 0.250. The van der Waals surface area contributed by atoms with Crippen molar-refractivity contribution in [2.24, 2.45) is 0 Å². The standard InChI is InChI=1S/C20H21FN2O2S/c1-14-5-10-17(25-14)12-23(2)13-19(24)22-20(18-4-3-11-26-18)15-6-8-16(21)9-7-15/h3-11,20H,12-13H2,1-2H3,(H,22,24)/t20-/m0/s1. The van der Waals surface area contributed by atoms with E-state index in [1.165, 1.54) is 12.1 Å². The summed E-state index contributed by atoms with van der Waals surface area (Å²) in [6.07, 6.45) is 0. The fourth-order valence-electron chi connectivity index (χ4n) is 2.77. The van der Waals surface area contributed by atoms with Crippen molar-refractivity contribution in [3.63, 3.8) is 0 Å². The van der Waals surface area contributed by atoms with Crippen LogP contribution in [0, 0.1) is 12.7 Å². The Hall–Kier alpha value is -2.44. The predicted molar refractivity (Wildman–Crippen MR) is 100 cm³/mol. The maximum absolute atomic E-state index is 13.2. The van der Waals surface area contributed by atoms with Gasteiger partial charge in [0.25, 0.3) is 0 Å². The number of hydrogen-bond acceptors (Lipinski definition) is 4. The summed E-state index contributed by atoms with van der Waals surface area (Å²) in [6.45, 7) is 2.69. The molecule has 1 amide bonds. The molecule has 1 N–H and O–H groups in total. The Bertz CT molecular complexity index is 843. The summed E-state index contributed by atoms with van der Waals surface area (Å²) in [7, 11) is 1.87. The number of halogens is 1. The van der Waals surface area contributed by atoms with Gasteiger partial charge in [-0.3, -0.25) is 9.69 Å². The molecule has 1 aromatic carbocycles. The average Bonchev–Trinajstić information content (AvgIpc) is 3.25. The van der Waals surface area contributed by atoms with Gasteiger partial charge in [-0.15, -0.1) is 11.3 Å². The van der Waals surface area contributed by atoms with Crippen molar-refractivity contribution in [1.29, 1.82) is 0 Å². The number of carbonyl (C=O) groups excluding carboxylic acids is 1. The van der Waals surface area contributed by atoms with E-state index in [2.05, 4.69) is 5.32 Å². The smallest absolute Gasteiger partial charge is 0.234 e. The fourth-order valence-corrected chi connectivity index (χ4v) is 3.58. The van der Waals surface area contributed by atoms with Crippen LogP contribution < -0.4 is 5.32 Å². The van der Waals surface area contributed by atoms with E-state index in [1.54, 1.807) is 23.5 Å². The molecule has 6 heteroatoms. The third kappa shape index (κ3) is 4.80. The molecule has 0 saturated heterocycles. The third-order valence-electron chi connectivity index (χ3n) is 3.97. The number of likely N-dealkylation sites (N-methyl/N-ethyl adjacent to an activating group) is 1. The molecule has 0 bridgehead atoms. The van der Waals surface area contributed by atoms with E-state index in [4.69, 9.17) is 4.42 Å². The van der Waals surface area contributed by atoms with Crippen LogP contribution in [0.4, 0.5) is 4.39 Å². The van der Waals surface area contributed by atoms with Crippen LogP contribution in [-0.2, 0) is 11.3 Å². The minimum absolute atomic E-state index is 0.0986. The average molecular weight is 372 g/mol. The van der Waals surface area contributed by atoms with Gasteiger partial charge in [0.15, 0.2) is 0 Å². The maximum Gasteiger partial charge on any atom is 0.234 e. The van der Waals surface area contributed by atoms with Gasteiger partial charge in [-0.1, -0.05) is 18.2 Å². The van der Waals surface area contributed by atoms with E-state index in [1.807, 2.05) is 48.5 Å². The number of aryl methyl sites for hydroxylation is 1. The number of thiophene rings is 1. The summed E-state index contributed by atoms with van der Waals surface area (Å²) in [5.74, 6) is 1.29. The summed E-state index contributed by atoms with van der Waals surface area (Å²) in [4.78, 5) is 15.4. The lowest BCUT2D eigenvalue weighted by atomic mass is 10.1. The lowest BCUT2D eigenvalue weighted by molar-refractivity contribution is -0.122. The van der Waals surface area contributed by atoms with Crippen LogP contribution >= 0.6 is 11.3 Å². The quantitative estimate of drug-likeness (QED) is 0.678. The highest BCUT2D eigenvalue weighted by Crippen LogP contribution is 2.26. The molecular formula is C20H21FN2O2S. The van der Waals surface area contributed by atoms with Crippen molar-refractivity contribution < 1.29 is 13.6 Å². The normalized spacial score (nSPS) is 12.3. The molecule has 0 aliphatic carbocycles. The van der Waals surface area contributed by atoms with Crippen LogP contribution in [0.3, 0.4) is 0 Å². The van der Waals surface area contributed by atoms with Crippen molar-refractivity contribution in [3.8, 4) is 0 Å². The van der Waals surface area contributed by atoms with Gasteiger partial charge in [0.2, 0.25) is 5.91 Å². The van der Waals surface area contributed by atoms with Gasteiger partial charge in [0, 0.05) is 4.88 Å². The number of nitrogens with zero attached hydrogens (tertiary/aromatic N) is 1. The number of hydrogen-bond donors (Lipinski definition) is 1. The maximum atomic E-state index is 13.2. The largest absolute Gasteiger partial charge is 0.465 e. The van der Waals surface area contributed by atoms with E-state index in [9.17, 15) is 9.18 Å². The number of benzene rings is 1. The van der Waals surface area contributed by atoms with Crippen molar-refractivity contribution >= 4 is 17.2 Å². The second-order valence-corrected chi connectivity index (χ2v) is 7.23. The molecule has 0 saturated carbocycles. The highest BCUT2D eigenvalue weighted by atomic mass is 32.1. The van der Waals surface area contributed by atoms with Crippen molar-refractivity contribution in [2.45, 2.75) is 19.5 Å². The van der Waals surface area contributed by atoms with E-state index in [0.717, 1.165) is 22.0 Å². The van der Waals surface area contributed by atoms with Gasteiger partial charge in [-0.25, -0.2) is 4.39 Å². The third-order valence-corrected chi connectivity index (χ3v) is 4.91. The zero-order valence-corrected chi connectivity index (χ0v) is 15.6. The number of rotatable bonds is 7. The Morgan fingerprint density at radius 2 is 2.00 bits per heavy atom. The van der Waals surface area contributed by atoms with Crippen LogP contribution in [0.15, 0.2) is 58.3 Å². The zero-order chi connectivity index (χ0) is 18.5. The highest BCUT2D eigenvalue weighted by molar-refractivity contribution is 7.10. The van der Waals surface area contributed by atoms with Crippen molar-refractivity contribution in [2.75, 3.05) is 13.6 Å². The molecule has 3 rings (SSSR count). The predicted octanol–water partition coefficient (Wildman–Crippen LogP) is 4.13. The Labute approximate surface area is 156 Å². The summed E-state index contributed by atoms with van der Waals surface area (Å²) in [5.41, 5.74) is 0.853. The zero-order valence-electron chi connectivity index (χ0n) is 14.7. The molecule has 136 valence electrons. The Kier molecular flexibility index (Phi) is 5.85. The van der Waals surface area contributed by atoms with Crippen molar-refractivity contribution in [1.82, 2.24) is 10.2 Å². The molecule has 0 aliphatic heterocycles. The highest BCUT2D eigenvalue weighted by Gasteiger charge is 2.19. The minimum Gasteiger partial charge on any atom is -0.465 e. The van der Waals surface area contributed by atoms with Crippen LogP contribution in [0.5, 0.6) is 0 Å². The molecule has 0 radical (unpaired) electrons. The van der Waals surface area contributed by atoms with Crippen molar-refractivity contribution in [3.05, 3.63) is 81.7 Å². The SMILES string of the molecule is Cc1ccc(CN(C)CC(=O)N[C@@H](c2ccc(F)cc2)c2cccs2)o1. The Morgan fingerprint density at radius 1 is 1.23 bits per heavy atom. The first kappa shape index (κ1) is 18.4. The van der Waals surface area contributed by atoms with Gasteiger partial charge in [0.05, 0.1) is 19.1 Å². The topological polar surface area (TPSA) is 45.5 Å². The number of amides is 1. The van der Waals surface area contributed by atoms with Gasteiger partial charge in [0.1, 0.15) is 17.3 Å². The van der Waals surface area contributed by atoms with Gasteiger partial charge >= 0.3 is 0 Å². The molecule has 26 heavy (non-hydrogen) atoms. The monoisotopic (exact) mass is 372 g/mol. The van der Waals surface area contributed by atoms with E-state index in [-0.39, 0.29) is 24.3 Å². The first-order valence-corrected chi connectivity index (χ1v) is 9.21. The summed E-state index contributed by atoms with van der Waals surface area (Å²) >= 11 is 1.56. The molecule has 0 spiro atoms.